The zero-order chi connectivity index (χ0) is 14.2. The monoisotopic (exact) mass is 296 g/mol. The van der Waals surface area contributed by atoms with Crippen molar-refractivity contribution in [2.24, 2.45) is 0 Å². The Hall–Kier alpha value is -0.980. The molecule has 1 aromatic heterocycles. The van der Waals surface area contributed by atoms with Gasteiger partial charge in [0.05, 0.1) is 13.2 Å². The Morgan fingerprint density at radius 1 is 1.45 bits per heavy atom. The topological polar surface area (TPSA) is 62.7 Å². The van der Waals surface area contributed by atoms with Gasteiger partial charge in [-0.05, 0) is 19.3 Å². The third-order valence-corrected chi connectivity index (χ3v) is 5.38. The maximum atomic E-state index is 12.1. The molecule has 0 amide bonds. The maximum Gasteiger partial charge on any atom is 0.183 e. The molecule has 0 unspecified atom stereocenters. The first kappa shape index (κ1) is 14.0. The molecule has 6 heteroatoms. The molecule has 2 aliphatic rings. The first-order chi connectivity index (χ1) is 9.64. The standard InChI is InChI=1S/C14H20N2O3S/c1-2-10(17)11-12(16-6-8-19-9-7-16)20-13(15-11)14(18)4-3-5-14/h18H,2-9H2,1H3. The van der Waals surface area contributed by atoms with Gasteiger partial charge in [0.2, 0.25) is 0 Å². The Morgan fingerprint density at radius 3 is 2.70 bits per heavy atom. The minimum absolute atomic E-state index is 0.0527. The molecule has 20 heavy (non-hydrogen) atoms. The van der Waals surface area contributed by atoms with E-state index in [9.17, 15) is 9.90 Å². The zero-order valence-electron chi connectivity index (χ0n) is 11.7. The number of hydrogen-bond acceptors (Lipinski definition) is 6. The molecular formula is C14H20N2O3S. The van der Waals surface area contributed by atoms with E-state index in [4.69, 9.17) is 4.74 Å². The zero-order valence-corrected chi connectivity index (χ0v) is 12.5. The molecule has 0 radical (unpaired) electrons. The molecule has 5 nitrogen and oxygen atoms in total. The molecule has 1 saturated heterocycles. The lowest BCUT2D eigenvalue weighted by molar-refractivity contribution is -0.0389. The van der Waals surface area contributed by atoms with Crippen molar-refractivity contribution in [1.82, 2.24) is 4.98 Å². The number of Topliss-reactive ketones (excluding diaryl/α,β-unsaturated/α-hetero) is 1. The number of carbonyl (C=O) groups is 1. The van der Waals surface area contributed by atoms with Crippen molar-refractivity contribution in [1.29, 1.82) is 0 Å². The van der Waals surface area contributed by atoms with E-state index in [0.29, 0.717) is 30.3 Å². The number of aliphatic hydroxyl groups is 1. The number of anilines is 1. The molecule has 2 heterocycles. The minimum Gasteiger partial charge on any atom is -0.383 e. The van der Waals surface area contributed by atoms with Crippen molar-refractivity contribution in [2.75, 3.05) is 31.2 Å². The van der Waals surface area contributed by atoms with Crippen molar-refractivity contribution in [2.45, 2.75) is 38.2 Å². The molecule has 0 spiro atoms. The van der Waals surface area contributed by atoms with Crippen molar-refractivity contribution < 1.29 is 14.6 Å². The van der Waals surface area contributed by atoms with Crippen molar-refractivity contribution in [3.63, 3.8) is 0 Å². The van der Waals surface area contributed by atoms with Gasteiger partial charge in [-0.2, -0.15) is 0 Å². The van der Waals surface area contributed by atoms with Gasteiger partial charge in [-0.1, -0.05) is 18.3 Å². The summed E-state index contributed by atoms with van der Waals surface area (Å²) in [5, 5.41) is 12.1. The van der Waals surface area contributed by atoms with E-state index in [2.05, 4.69) is 9.88 Å². The van der Waals surface area contributed by atoms with Gasteiger partial charge in [0, 0.05) is 19.5 Å². The van der Waals surface area contributed by atoms with Gasteiger partial charge in [-0.3, -0.25) is 4.79 Å². The van der Waals surface area contributed by atoms with E-state index < -0.39 is 5.60 Å². The average molecular weight is 296 g/mol. The quantitative estimate of drug-likeness (QED) is 0.860. The third kappa shape index (κ3) is 2.36. The number of ether oxygens (including phenoxy) is 1. The fourth-order valence-electron chi connectivity index (χ4n) is 2.57. The highest BCUT2D eigenvalue weighted by atomic mass is 32.1. The van der Waals surface area contributed by atoms with Gasteiger partial charge in [0.25, 0.3) is 0 Å². The van der Waals surface area contributed by atoms with Crippen LogP contribution in [0.25, 0.3) is 0 Å². The summed E-state index contributed by atoms with van der Waals surface area (Å²) in [5.74, 6) is 0.0527. The van der Waals surface area contributed by atoms with Gasteiger partial charge in [-0.25, -0.2) is 4.98 Å². The van der Waals surface area contributed by atoms with Crippen LogP contribution in [0.3, 0.4) is 0 Å². The van der Waals surface area contributed by atoms with Crippen molar-refractivity contribution >= 4 is 22.1 Å². The van der Waals surface area contributed by atoms with E-state index in [-0.39, 0.29) is 5.78 Å². The highest BCUT2D eigenvalue weighted by Crippen LogP contribution is 2.45. The minimum atomic E-state index is -0.794. The van der Waals surface area contributed by atoms with Crippen LogP contribution in [0.2, 0.25) is 0 Å². The second-order valence-corrected chi connectivity index (χ2v) is 6.41. The van der Waals surface area contributed by atoms with Gasteiger partial charge in [-0.15, -0.1) is 0 Å². The molecule has 3 rings (SSSR count). The molecule has 0 atom stereocenters. The van der Waals surface area contributed by atoms with Crippen LogP contribution in [0.1, 0.15) is 48.1 Å². The van der Waals surface area contributed by atoms with E-state index in [1.165, 1.54) is 11.3 Å². The molecule has 2 fully saturated rings. The molecule has 0 aromatic carbocycles. The smallest absolute Gasteiger partial charge is 0.183 e. The van der Waals surface area contributed by atoms with E-state index in [1.54, 1.807) is 0 Å². The summed E-state index contributed by atoms with van der Waals surface area (Å²) in [6.45, 7) is 4.77. The summed E-state index contributed by atoms with van der Waals surface area (Å²) < 4.78 is 5.36. The predicted octanol–water partition coefficient (Wildman–Crippen LogP) is 1.94. The number of aromatic nitrogens is 1. The van der Waals surface area contributed by atoms with Crippen LogP contribution >= 0.6 is 11.3 Å². The number of thiazole rings is 1. The van der Waals surface area contributed by atoms with E-state index in [1.807, 2.05) is 6.92 Å². The van der Waals surface area contributed by atoms with Crippen molar-refractivity contribution in [3.05, 3.63) is 10.7 Å². The lowest BCUT2D eigenvalue weighted by Crippen LogP contribution is -2.36. The Bertz CT molecular complexity index is 505. The van der Waals surface area contributed by atoms with Crippen molar-refractivity contribution in [3.8, 4) is 0 Å². The fraction of sp³-hybridized carbons (Fsp3) is 0.714. The first-order valence-corrected chi connectivity index (χ1v) is 8.05. The van der Waals surface area contributed by atoms with Gasteiger partial charge in [0.1, 0.15) is 21.3 Å². The second kappa shape index (κ2) is 5.42. The number of carbonyl (C=O) groups excluding carboxylic acids is 1. The summed E-state index contributed by atoms with van der Waals surface area (Å²) in [5.41, 5.74) is -0.257. The molecule has 0 bridgehead atoms. The number of nitrogens with zero attached hydrogens (tertiary/aromatic N) is 2. The summed E-state index contributed by atoms with van der Waals surface area (Å²) >= 11 is 1.48. The Balaban J connectivity index is 1.95. The van der Waals surface area contributed by atoms with Gasteiger partial charge >= 0.3 is 0 Å². The summed E-state index contributed by atoms with van der Waals surface area (Å²) in [6.07, 6.45) is 2.98. The van der Waals surface area contributed by atoms with Crippen LogP contribution in [0.4, 0.5) is 5.00 Å². The normalized spacial score (nSPS) is 21.6. The van der Waals surface area contributed by atoms with Gasteiger partial charge < -0.3 is 14.7 Å². The van der Waals surface area contributed by atoms with Gasteiger partial charge in [0.15, 0.2) is 5.78 Å². The van der Waals surface area contributed by atoms with Crippen LogP contribution in [0, 0.1) is 0 Å². The van der Waals surface area contributed by atoms with E-state index >= 15 is 0 Å². The molecule has 1 N–H and O–H groups in total. The summed E-state index contributed by atoms with van der Waals surface area (Å²) in [7, 11) is 0. The lowest BCUT2D eigenvalue weighted by atomic mass is 9.81. The average Bonchev–Trinajstić information content (AvgIpc) is 2.90. The maximum absolute atomic E-state index is 12.1. The van der Waals surface area contributed by atoms with E-state index in [0.717, 1.165) is 37.4 Å². The molecule has 1 saturated carbocycles. The SMILES string of the molecule is CCC(=O)c1nc(C2(O)CCC2)sc1N1CCOCC1. The number of morpholine rings is 1. The second-order valence-electron chi connectivity index (χ2n) is 5.43. The molecule has 110 valence electrons. The highest BCUT2D eigenvalue weighted by molar-refractivity contribution is 7.16. The Labute approximate surface area is 122 Å². The molecular weight excluding hydrogens is 276 g/mol. The number of ketones is 1. The third-order valence-electron chi connectivity index (χ3n) is 4.07. The predicted molar refractivity (Wildman–Crippen MR) is 77.5 cm³/mol. The fourth-order valence-corrected chi connectivity index (χ4v) is 3.85. The first-order valence-electron chi connectivity index (χ1n) is 7.23. The lowest BCUT2D eigenvalue weighted by Gasteiger charge is -2.34. The summed E-state index contributed by atoms with van der Waals surface area (Å²) in [4.78, 5) is 18.8. The molecule has 1 aromatic rings. The van der Waals surface area contributed by atoms with Crippen LogP contribution < -0.4 is 4.90 Å². The Morgan fingerprint density at radius 2 is 2.15 bits per heavy atom. The Kier molecular flexibility index (Phi) is 3.79. The summed E-state index contributed by atoms with van der Waals surface area (Å²) in [6, 6.07) is 0. The van der Waals surface area contributed by atoms with Crippen LogP contribution in [-0.4, -0.2) is 42.2 Å². The highest BCUT2D eigenvalue weighted by Gasteiger charge is 2.40. The molecule has 1 aliphatic heterocycles. The number of rotatable bonds is 4. The van der Waals surface area contributed by atoms with Crippen LogP contribution in [0.15, 0.2) is 0 Å². The van der Waals surface area contributed by atoms with Crippen LogP contribution in [-0.2, 0) is 10.3 Å². The largest absolute Gasteiger partial charge is 0.383 e. The van der Waals surface area contributed by atoms with Crippen LogP contribution in [0.5, 0.6) is 0 Å². The number of hydrogen-bond donors (Lipinski definition) is 1. The molecule has 1 aliphatic carbocycles.